The van der Waals surface area contributed by atoms with Crippen molar-refractivity contribution in [3.63, 3.8) is 0 Å². The molecular weight excluding hydrogens is 194 g/mol. The van der Waals surface area contributed by atoms with Gasteiger partial charge in [-0.05, 0) is 22.0 Å². The van der Waals surface area contributed by atoms with Crippen molar-refractivity contribution in [2.24, 2.45) is 4.99 Å². The molecule has 0 radical (unpaired) electrons. The maximum absolute atomic E-state index is 4.90. The number of allylic oxidation sites excluding steroid dienone is 2. The molecule has 0 bridgehead atoms. The summed E-state index contributed by atoms with van der Waals surface area (Å²) in [5.41, 5.74) is 0. The van der Waals surface area contributed by atoms with E-state index in [9.17, 15) is 0 Å². The van der Waals surface area contributed by atoms with E-state index in [2.05, 4.69) is 27.5 Å². The van der Waals surface area contributed by atoms with Crippen molar-refractivity contribution < 1.29 is 4.74 Å². The van der Waals surface area contributed by atoms with Gasteiger partial charge in [-0.15, -0.1) is 0 Å². The molecule has 0 atom stereocenters. The number of methoxy groups -OCH3 is 1. The van der Waals surface area contributed by atoms with Crippen molar-refractivity contribution in [1.82, 2.24) is 0 Å². The number of aliphatic imine (C=N–C) groups is 1. The van der Waals surface area contributed by atoms with E-state index in [1.54, 1.807) is 26.3 Å². The predicted octanol–water partition coefficient (Wildman–Crippen LogP) is 2.13. The molecular formula is C7H10BrNO. The summed E-state index contributed by atoms with van der Waals surface area (Å²) in [6, 6.07) is 0. The zero-order valence-electron chi connectivity index (χ0n) is 6.10. The summed E-state index contributed by atoms with van der Waals surface area (Å²) in [5, 5.41) is 0. The summed E-state index contributed by atoms with van der Waals surface area (Å²) < 4.78 is 5.64. The molecule has 0 rings (SSSR count). The van der Waals surface area contributed by atoms with Crippen molar-refractivity contribution in [2.45, 2.75) is 0 Å². The lowest BCUT2D eigenvalue weighted by Crippen LogP contribution is -1.85. The molecule has 0 saturated carbocycles. The Labute approximate surface area is 69.4 Å². The number of ether oxygens (including phenoxy) is 1. The number of nitrogens with zero attached hydrogens (tertiary/aromatic N) is 1. The molecule has 0 amide bonds. The molecule has 0 saturated heterocycles. The van der Waals surface area contributed by atoms with E-state index in [1.807, 2.05) is 0 Å². The minimum atomic E-state index is 0.692. The number of rotatable bonds is 3. The Hall–Kier alpha value is -0.570. The summed E-state index contributed by atoms with van der Waals surface area (Å²) in [6.45, 7) is 3.55. The second kappa shape index (κ2) is 5.23. The van der Waals surface area contributed by atoms with Crippen molar-refractivity contribution in [1.29, 1.82) is 0 Å². The molecule has 0 heterocycles. The van der Waals surface area contributed by atoms with Crippen molar-refractivity contribution in [2.75, 3.05) is 14.2 Å². The van der Waals surface area contributed by atoms with Gasteiger partial charge in [-0.1, -0.05) is 6.58 Å². The van der Waals surface area contributed by atoms with Gasteiger partial charge in [-0.3, -0.25) is 4.99 Å². The van der Waals surface area contributed by atoms with E-state index in [1.165, 1.54) is 0 Å². The van der Waals surface area contributed by atoms with Gasteiger partial charge >= 0.3 is 0 Å². The highest BCUT2D eigenvalue weighted by molar-refractivity contribution is 9.18. The Bertz CT molecular complexity index is 172. The van der Waals surface area contributed by atoms with Gasteiger partial charge in [0.15, 0.2) is 0 Å². The zero-order valence-corrected chi connectivity index (χ0v) is 7.68. The maximum Gasteiger partial charge on any atom is 0.120 e. The number of hydrogen-bond donors (Lipinski definition) is 0. The van der Waals surface area contributed by atoms with E-state index >= 15 is 0 Å². The second-order valence-corrected chi connectivity index (χ2v) is 2.31. The predicted molar refractivity (Wildman–Crippen MR) is 47.6 cm³/mol. The first kappa shape index (κ1) is 9.43. The Morgan fingerprint density at radius 3 is 2.60 bits per heavy atom. The molecule has 0 aromatic heterocycles. The summed E-state index contributed by atoms with van der Waals surface area (Å²) >= 11 is 3.20. The smallest absolute Gasteiger partial charge is 0.120 e. The van der Waals surface area contributed by atoms with E-state index in [-0.39, 0.29) is 0 Å². The van der Waals surface area contributed by atoms with Crippen LogP contribution in [0.3, 0.4) is 0 Å². The quantitative estimate of drug-likeness (QED) is 0.392. The van der Waals surface area contributed by atoms with E-state index in [0.717, 1.165) is 4.62 Å². The van der Waals surface area contributed by atoms with Crippen LogP contribution in [0.5, 0.6) is 0 Å². The highest BCUT2D eigenvalue weighted by Crippen LogP contribution is 2.00. The first-order valence-electron chi connectivity index (χ1n) is 2.75. The second-order valence-electron chi connectivity index (χ2n) is 1.50. The minimum Gasteiger partial charge on any atom is -0.497 e. The van der Waals surface area contributed by atoms with Crippen LogP contribution in [0.4, 0.5) is 0 Å². The SMILES string of the molecule is C=C/C(=C\C(Br)=NC)OC. The van der Waals surface area contributed by atoms with Crippen LogP contribution in [0.2, 0.25) is 0 Å². The molecule has 0 fully saturated rings. The average Bonchev–Trinajstić information content (AvgIpc) is 1.99. The highest BCUT2D eigenvalue weighted by atomic mass is 79.9. The molecule has 0 aromatic carbocycles. The van der Waals surface area contributed by atoms with Gasteiger partial charge in [0, 0.05) is 13.1 Å². The Morgan fingerprint density at radius 1 is 1.70 bits per heavy atom. The van der Waals surface area contributed by atoms with Gasteiger partial charge in [-0.25, -0.2) is 0 Å². The lowest BCUT2D eigenvalue weighted by atomic mass is 10.4. The van der Waals surface area contributed by atoms with Gasteiger partial charge in [0.1, 0.15) is 10.4 Å². The van der Waals surface area contributed by atoms with Crippen LogP contribution in [0, 0.1) is 0 Å². The summed E-state index contributed by atoms with van der Waals surface area (Å²) in [5.74, 6) is 0.692. The first-order chi connectivity index (χ1) is 4.74. The van der Waals surface area contributed by atoms with Crippen molar-refractivity contribution in [3.8, 4) is 0 Å². The third-order valence-corrected chi connectivity index (χ3v) is 1.50. The fourth-order valence-corrected chi connectivity index (χ4v) is 0.609. The average molecular weight is 204 g/mol. The Morgan fingerprint density at radius 2 is 2.30 bits per heavy atom. The first-order valence-corrected chi connectivity index (χ1v) is 3.54. The van der Waals surface area contributed by atoms with Crippen LogP contribution >= 0.6 is 15.9 Å². The Balaban J connectivity index is 4.24. The molecule has 0 N–H and O–H groups in total. The van der Waals surface area contributed by atoms with Gasteiger partial charge in [-0.2, -0.15) is 0 Å². The van der Waals surface area contributed by atoms with Crippen molar-refractivity contribution >= 4 is 20.6 Å². The molecule has 0 spiro atoms. The van der Waals surface area contributed by atoms with E-state index in [0.29, 0.717) is 5.76 Å². The molecule has 0 unspecified atom stereocenters. The highest BCUT2D eigenvalue weighted by Gasteiger charge is 1.89. The molecule has 0 aromatic rings. The molecule has 2 nitrogen and oxygen atoms in total. The molecule has 0 aliphatic heterocycles. The molecule has 0 aliphatic carbocycles. The molecule has 10 heavy (non-hydrogen) atoms. The molecule has 0 aliphatic rings. The zero-order chi connectivity index (χ0) is 7.98. The number of hydrogen-bond acceptors (Lipinski definition) is 2. The third kappa shape index (κ3) is 3.45. The lowest BCUT2D eigenvalue weighted by Gasteiger charge is -1.96. The topological polar surface area (TPSA) is 21.6 Å². The van der Waals surface area contributed by atoms with Crippen LogP contribution in [0.25, 0.3) is 0 Å². The molecule has 3 heteroatoms. The van der Waals surface area contributed by atoms with Gasteiger partial charge in [0.25, 0.3) is 0 Å². The van der Waals surface area contributed by atoms with E-state index < -0.39 is 0 Å². The van der Waals surface area contributed by atoms with E-state index in [4.69, 9.17) is 4.74 Å². The lowest BCUT2D eigenvalue weighted by molar-refractivity contribution is 0.308. The third-order valence-electron chi connectivity index (χ3n) is 0.912. The van der Waals surface area contributed by atoms with Crippen molar-refractivity contribution in [3.05, 3.63) is 24.5 Å². The Kier molecular flexibility index (Phi) is 4.94. The van der Waals surface area contributed by atoms with Gasteiger partial charge in [0.2, 0.25) is 0 Å². The normalized spacial score (nSPS) is 13.1. The summed E-state index contributed by atoms with van der Waals surface area (Å²) in [6.07, 6.45) is 3.36. The van der Waals surface area contributed by atoms with Crippen LogP contribution in [0.1, 0.15) is 0 Å². The number of halogens is 1. The van der Waals surface area contributed by atoms with Crippen LogP contribution in [-0.4, -0.2) is 18.8 Å². The largest absolute Gasteiger partial charge is 0.497 e. The standard InChI is InChI=1S/C7H10BrNO/c1-4-6(10-3)5-7(8)9-2/h4-5H,1H2,2-3H3/b6-5+,9-7?. The van der Waals surface area contributed by atoms with Gasteiger partial charge in [0.05, 0.1) is 7.11 Å². The fraction of sp³-hybridized carbons (Fsp3) is 0.286. The monoisotopic (exact) mass is 203 g/mol. The maximum atomic E-state index is 4.90. The van der Waals surface area contributed by atoms with Crippen LogP contribution < -0.4 is 0 Å². The molecule has 56 valence electrons. The van der Waals surface area contributed by atoms with Gasteiger partial charge < -0.3 is 4.74 Å². The van der Waals surface area contributed by atoms with Crippen LogP contribution in [-0.2, 0) is 4.74 Å². The fourth-order valence-electron chi connectivity index (χ4n) is 0.383. The summed E-state index contributed by atoms with van der Waals surface area (Å²) in [4.78, 5) is 3.85. The van der Waals surface area contributed by atoms with Crippen LogP contribution in [0.15, 0.2) is 29.5 Å². The minimum absolute atomic E-state index is 0.692. The summed E-state index contributed by atoms with van der Waals surface area (Å²) in [7, 11) is 3.28.